The van der Waals surface area contributed by atoms with Crippen LogP contribution in [0.2, 0.25) is 0 Å². The van der Waals surface area contributed by atoms with E-state index in [1.54, 1.807) is 6.20 Å². The van der Waals surface area contributed by atoms with E-state index in [0.717, 1.165) is 36.5 Å². The first kappa shape index (κ1) is 20.8. The number of rotatable bonds is 5. The summed E-state index contributed by atoms with van der Waals surface area (Å²) in [4.78, 5) is 21.3. The average molecular weight is 410 g/mol. The molecule has 1 saturated heterocycles. The zero-order chi connectivity index (χ0) is 20.9. The Morgan fingerprint density at radius 3 is 2.77 bits per heavy atom. The number of amides is 1. The van der Waals surface area contributed by atoms with Gasteiger partial charge in [-0.25, -0.2) is 0 Å². The van der Waals surface area contributed by atoms with Gasteiger partial charge < -0.3 is 14.4 Å². The van der Waals surface area contributed by atoms with Crippen molar-refractivity contribution in [1.82, 2.24) is 14.8 Å². The van der Waals surface area contributed by atoms with Gasteiger partial charge >= 0.3 is 0 Å². The van der Waals surface area contributed by atoms with E-state index >= 15 is 0 Å². The van der Waals surface area contributed by atoms with Gasteiger partial charge in [0.2, 0.25) is 5.91 Å². The number of aryl methyl sites for hydroxylation is 1. The Morgan fingerprint density at radius 2 is 2.00 bits per heavy atom. The number of hydrogen-bond donors (Lipinski definition) is 0. The highest BCUT2D eigenvalue weighted by molar-refractivity contribution is 5.76. The van der Waals surface area contributed by atoms with Crippen LogP contribution in [0.4, 0.5) is 0 Å². The molecule has 6 heteroatoms. The smallest absolute Gasteiger partial charge is 0.223 e. The Kier molecular flexibility index (Phi) is 6.65. The Bertz CT molecular complexity index is 848. The average Bonchev–Trinajstić information content (AvgIpc) is 2.94. The molecule has 1 fully saturated rings. The van der Waals surface area contributed by atoms with Crippen molar-refractivity contribution >= 4 is 5.91 Å². The maximum atomic E-state index is 12.8. The van der Waals surface area contributed by atoms with Crippen molar-refractivity contribution in [2.24, 2.45) is 0 Å². The van der Waals surface area contributed by atoms with Crippen LogP contribution >= 0.6 is 0 Å². The van der Waals surface area contributed by atoms with E-state index in [0.29, 0.717) is 32.5 Å². The molecule has 2 aliphatic heterocycles. The third-order valence-electron chi connectivity index (χ3n) is 5.71. The first-order chi connectivity index (χ1) is 14.6. The largest absolute Gasteiger partial charge is 0.491 e. The monoisotopic (exact) mass is 409 g/mol. The number of carbonyl (C=O) groups excluding carboxylic acids is 1. The zero-order valence-corrected chi connectivity index (χ0v) is 17.9. The highest BCUT2D eigenvalue weighted by Crippen LogP contribution is 2.26. The lowest BCUT2D eigenvalue weighted by Gasteiger charge is -2.35. The lowest BCUT2D eigenvalue weighted by Crippen LogP contribution is -2.44. The number of morpholine rings is 1. The summed E-state index contributed by atoms with van der Waals surface area (Å²) in [5, 5.41) is 0. The molecular weight excluding hydrogens is 378 g/mol. The van der Waals surface area contributed by atoms with Crippen LogP contribution in [-0.4, -0.2) is 59.1 Å². The summed E-state index contributed by atoms with van der Waals surface area (Å²) in [5.74, 6) is 1.06. The molecule has 0 aliphatic carbocycles. The molecule has 1 amide bonds. The van der Waals surface area contributed by atoms with E-state index in [1.807, 2.05) is 23.2 Å². The van der Waals surface area contributed by atoms with Gasteiger partial charge in [0.1, 0.15) is 12.4 Å². The van der Waals surface area contributed by atoms with Crippen LogP contribution < -0.4 is 4.74 Å². The molecule has 2 aliphatic rings. The standard InChI is InChI=1S/C24H31N3O3/c1-18-14-26(15-19(2)30-18)16-21-5-7-23-22(12-21)17-27(10-11-29-23)24(28)8-6-20-4-3-9-25-13-20/h3-5,7,9,12-13,18-19H,6,8,10-11,14-17H2,1-2H3/t18-,19+. The maximum absolute atomic E-state index is 12.8. The summed E-state index contributed by atoms with van der Waals surface area (Å²) < 4.78 is 11.8. The number of benzene rings is 1. The molecule has 2 aromatic rings. The summed E-state index contributed by atoms with van der Waals surface area (Å²) >= 11 is 0. The van der Waals surface area contributed by atoms with Crippen molar-refractivity contribution in [3.63, 3.8) is 0 Å². The van der Waals surface area contributed by atoms with Gasteiger partial charge in [0.25, 0.3) is 0 Å². The van der Waals surface area contributed by atoms with Gasteiger partial charge in [0, 0.05) is 50.6 Å². The Labute approximate surface area is 178 Å². The topological polar surface area (TPSA) is 54.9 Å². The van der Waals surface area contributed by atoms with Gasteiger partial charge in [0.05, 0.1) is 18.8 Å². The van der Waals surface area contributed by atoms with Gasteiger partial charge in [-0.1, -0.05) is 12.1 Å². The maximum Gasteiger partial charge on any atom is 0.223 e. The number of ether oxygens (including phenoxy) is 2. The normalized spacial score (nSPS) is 22.1. The molecule has 1 aromatic heterocycles. The lowest BCUT2D eigenvalue weighted by atomic mass is 10.1. The van der Waals surface area contributed by atoms with Crippen molar-refractivity contribution in [2.45, 2.75) is 52.0 Å². The van der Waals surface area contributed by atoms with Gasteiger partial charge in [-0.3, -0.25) is 14.7 Å². The van der Waals surface area contributed by atoms with E-state index in [-0.39, 0.29) is 18.1 Å². The minimum absolute atomic E-state index is 0.163. The molecule has 0 unspecified atom stereocenters. The van der Waals surface area contributed by atoms with Crippen LogP contribution in [0.15, 0.2) is 42.7 Å². The fraction of sp³-hybridized carbons (Fsp3) is 0.500. The molecule has 160 valence electrons. The van der Waals surface area contributed by atoms with E-state index in [4.69, 9.17) is 9.47 Å². The van der Waals surface area contributed by atoms with Crippen molar-refractivity contribution in [3.05, 3.63) is 59.4 Å². The van der Waals surface area contributed by atoms with Gasteiger partial charge in [-0.2, -0.15) is 0 Å². The van der Waals surface area contributed by atoms with Crippen LogP contribution in [0.1, 0.15) is 37.0 Å². The van der Waals surface area contributed by atoms with Crippen molar-refractivity contribution in [2.75, 3.05) is 26.2 Å². The lowest BCUT2D eigenvalue weighted by molar-refractivity contribution is -0.131. The second-order valence-corrected chi connectivity index (χ2v) is 8.42. The van der Waals surface area contributed by atoms with E-state index in [9.17, 15) is 4.79 Å². The fourth-order valence-corrected chi connectivity index (χ4v) is 4.39. The number of pyridine rings is 1. The number of carbonyl (C=O) groups is 1. The minimum atomic E-state index is 0.163. The van der Waals surface area contributed by atoms with E-state index in [2.05, 4.69) is 41.9 Å². The molecule has 2 atom stereocenters. The molecule has 0 spiro atoms. The highest BCUT2D eigenvalue weighted by atomic mass is 16.5. The third-order valence-corrected chi connectivity index (χ3v) is 5.71. The summed E-state index contributed by atoms with van der Waals surface area (Å²) in [5.41, 5.74) is 3.44. The minimum Gasteiger partial charge on any atom is -0.491 e. The predicted octanol–water partition coefficient (Wildman–Crippen LogP) is 3.04. The molecular formula is C24H31N3O3. The quantitative estimate of drug-likeness (QED) is 0.760. The molecule has 0 radical (unpaired) electrons. The van der Waals surface area contributed by atoms with Crippen LogP contribution in [0, 0.1) is 0 Å². The fourth-order valence-electron chi connectivity index (χ4n) is 4.39. The van der Waals surface area contributed by atoms with Crippen LogP contribution in [-0.2, 0) is 29.0 Å². The predicted molar refractivity (Wildman–Crippen MR) is 115 cm³/mol. The number of aromatic nitrogens is 1. The van der Waals surface area contributed by atoms with Crippen molar-refractivity contribution < 1.29 is 14.3 Å². The van der Waals surface area contributed by atoms with Crippen LogP contribution in [0.5, 0.6) is 5.75 Å². The first-order valence-electron chi connectivity index (χ1n) is 10.9. The number of fused-ring (bicyclic) bond motifs is 1. The molecule has 0 N–H and O–H groups in total. The molecule has 1 aromatic carbocycles. The summed E-state index contributed by atoms with van der Waals surface area (Å²) in [7, 11) is 0. The molecule has 6 nitrogen and oxygen atoms in total. The summed E-state index contributed by atoms with van der Waals surface area (Å²) in [6.45, 7) is 8.78. The number of hydrogen-bond acceptors (Lipinski definition) is 5. The van der Waals surface area contributed by atoms with Crippen molar-refractivity contribution in [3.8, 4) is 5.75 Å². The summed E-state index contributed by atoms with van der Waals surface area (Å²) in [6, 6.07) is 10.3. The van der Waals surface area contributed by atoms with Gasteiger partial charge in [0.15, 0.2) is 0 Å². The Morgan fingerprint density at radius 1 is 1.17 bits per heavy atom. The third kappa shape index (κ3) is 5.37. The number of nitrogens with zero attached hydrogens (tertiary/aromatic N) is 3. The second-order valence-electron chi connectivity index (χ2n) is 8.42. The Hall–Kier alpha value is -2.44. The van der Waals surface area contributed by atoms with E-state index in [1.165, 1.54) is 5.56 Å². The van der Waals surface area contributed by atoms with E-state index < -0.39 is 0 Å². The van der Waals surface area contributed by atoms with Crippen molar-refractivity contribution in [1.29, 1.82) is 0 Å². The highest BCUT2D eigenvalue weighted by Gasteiger charge is 2.23. The molecule has 30 heavy (non-hydrogen) atoms. The second kappa shape index (κ2) is 9.58. The van der Waals surface area contributed by atoms with Crippen LogP contribution in [0.3, 0.4) is 0 Å². The van der Waals surface area contributed by atoms with Gasteiger partial charge in [-0.15, -0.1) is 0 Å². The zero-order valence-electron chi connectivity index (χ0n) is 17.9. The Balaban J connectivity index is 1.40. The van der Waals surface area contributed by atoms with Gasteiger partial charge in [-0.05, 0) is 49.6 Å². The van der Waals surface area contributed by atoms with Crippen LogP contribution in [0.25, 0.3) is 0 Å². The SMILES string of the molecule is C[C@@H]1CN(Cc2ccc3c(c2)CN(C(=O)CCc2cccnc2)CCO3)C[C@H](C)O1. The molecule has 0 saturated carbocycles. The first-order valence-corrected chi connectivity index (χ1v) is 10.9. The summed E-state index contributed by atoms with van der Waals surface area (Å²) in [6.07, 6.45) is 5.30. The molecule has 3 heterocycles. The molecule has 0 bridgehead atoms. The molecule has 4 rings (SSSR count).